The van der Waals surface area contributed by atoms with Gasteiger partial charge in [-0.3, -0.25) is 4.90 Å². The Morgan fingerprint density at radius 1 is 1.38 bits per heavy atom. The number of benzene rings is 1. The summed E-state index contributed by atoms with van der Waals surface area (Å²) in [4.78, 5) is 2.39. The Morgan fingerprint density at radius 2 is 2.06 bits per heavy atom. The molecular weight excluding hydrogens is 200 g/mol. The average molecular weight is 220 g/mol. The van der Waals surface area contributed by atoms with E-state index in [4.69, 9.17) is 10.5 Å². The minimum atomic E-state index is 0.184. The van der Waals surface area contributed by atoms with Crippen LogP contribution in [0.4, 0.5) is 0 Å². The van der Waals surface area contributed by atoms with E-state index in [0.717, 1.165) is 19.6 Å². The lowest BCUT2D eigenvalue weighted by Crippen LogP contribution is -2.52. The van der Waals surface area contributed by atoms with Gasteiger partial charge in [-0.15, -0.1) is 0 Å². The van der Waals surface area contributed by atoms with Gasteiger partial charge in [0.25, 0.3) is 0 Å². The van der Waals surface area contributed by atoms with Gasteiger partial charge in [0.2, 0.25) is 0 Å². The molecule has 0 aromatic heterocycles. The molecule has 1 aromatic carbocycles. The summed E-state index contributed by atoms with van der Waals surface area (Å²) < 4.78 is 5.74. The van der Waals surface area contributed by atoms with Crippen LogP contribution >= 0.6 is 0 Å². The fourth-order valence-electron chi connectivity index (χ4n) is 1.96. The van der Waals surface area contributed by atoms with Crippen LogP contribution < -0.4 is 5.73 Å². The second-order valence-electron chi connectivity index (χ2n) is 4.48. The lowest BCUT2D eigenvalue weighted by atomic mass is 10.1. The predicted octanol–water partition coefficient (Wildman–Crippen LogP) is 1.23. The van der Waals surface area contributed by atoms with E-state index in [0.29, 0.717) is 12.6 Å². The highest BCUT2D eigenvalue weighted by molar-refractivity contribution is 5.14. The Bertz CT molecular complexity index is 309. The smallest absolute Gasteiger partial charge is 0.0833 e. The zero-order valence-corrected chi connectivity index (χ0v) is 9.80. The van der Waals surface area contributed by atoms with Crippen molar-refractivity contribution in [3.8, 4) is 0 Å². The topological polar surface area (TPSA) is 38.5 Å². The summed E-state index contributed by atoms with van der Waals surface area (Å²) in [6, 6.07) is 10.5. The number of likely N-dealkylation sites (tertiary alicyclic amines) is 1. The van der Waals surface area contributed by atoms with Crippen molar-refractivity contribution in [2.75, 3.05) is 19.6 Å². The van der Waals surface area contributed by atoms with Gasteiger partial charge < -0.3 is 10.5 Å². The third-order valence-electron chi connectivity index (χ3n) is 2.93. The first-order valence-electron chi connectivity index (χ1n) is 5.89. The molecule has 1 saturated heterocycles. The van der Waals surface area contributed by atoms with Crippen LogP contribution in [0.5, 0.6) is 0 Å². The summed E-state index contributed by atoms with van der Waals surface area (Å²) in [5, 5.41) is 0. The van der Waals surface area contributed by atoms with Crippen molar-refractivity contribution in [1.29, 1.82) is 0 Å². The van der Waals surface area contributed by atoms with Gasteiger partial charge in [0.15, 0.2) is 0 Å². The third-order valence-corrected chi connectivity index (χ3v) is 2.93. The molecule has 1 heterocycles. The standard InChI is InChI=1S/C13H20N2O/c1-11(7-14)16-13-9-15(10-13)8-12-5-3-2-4-6-12/h2-6,11,13H,7-10,14H2,1H3. The normalized spacial score (nSPS) is 19.4. The van der Waals surface area contributed by atoms with E-state index in [1.54, 1.807) is 0 Å². The van der Waals surface area contributed by atoms with E-state index in [-0.39, 0.29) is 6.10 Å². The van der Waals surface area contributed by atoms with Crippen molar-refractivity contribution in [3.05, 3.63) is 35.9 Å². The third kappa shape index (κ3) is 3.04. The Balaban J connectivity index is 1.69. The van der Waals surface area contributed by atoms with Crippen molar-refractivity contribution in [3.63, 3.8) is 0 Å². The van der Waals surface area contributed by atoms with Gasteiger partial charge in [-0.1, -0.05) is 30.3 Å². The quantitative estimate of drug-likeness (QED) is 0.811. The molecule has 2 rings (SSSR count). The number of rotatable bonds is 5. The molecule has 0 saturated carbocycles. The van der Waals surface area contributed by atoms with Crippen LogP contribution in [0, 0.1) is 0 Å². The van der Waals surface area contributed by atoms with E-state index < -0.39 is 0 Å². The van der Waals surface area contributed by atoms with Crippen LogP contribution in [-0.4, -0.2) is 36.7 Å². The Labute approximate surface area is 97.2 Å². The van der Waals surface area contributed by atoms with E-state index in [1.807, 2.05) is 6.92 Å². The molecule has 3 nitrogen and oxygen atoms in total. The van der Waals surface area contributed by atoms with E-state index in [1.165, 1.54) is 5.56 Å². The number of hydrogen-bond donors (Lipinski definition) is 1. The SMILES string of the molecule is CC(CN)OC1CN(Cc2ccccc2)C1. The fraction of sp³-hybridized carbons (Fsp3) is 0.538. The second kappa shape index (κ2) is 5.43. The number of hydrogen-bond acceptors (Lipinski definition) is 3. The fourth-order valence-corrected chi connectivity index (χ4v) is 1.96. The van der Waals surface area contributed by atoms with Gasteiger partial charge in [0.05, 0.1) is 12.2 Å². The van der Waals surface area contributed by atoms with Crippen molar-refractivity contribution in [2.45, 2.75) is 25.7 Å². The molecule has 16 heavy (non-hydrogen) atoms. The predicted molar refractivity (Wildman–Crippen MR) is 65.1 cm³/mol. The van der Waals surface area contributed by atoms with E-state index in [9.17, 15) is 0 Å². The summed E-state index contributed by atoms with van der Waals surface area (Å²) >= 11 is 0. The summed E-state index contributed by atoms with van der Waals surface area (Å²) in [6.07, 6.45) is 0.561. The first-order chi connectivity index (χ1) is 7.78. The van der Waals surface area contributed by atoms with Gasteiger partial charge in [-0.25, -0.2) is 0 Å². The minimum Gasteiger partial charge on any atom is -0.371 e. The molecule has 1 aliphatic heterocycles. The maximum atomic E-state index is 5.74. The van der Waals surface area contributed by atoms with Crippen molar-refractivity contribution >= 4 is 0 Å². The van der Waals surface area contributed by atoms with Crippen LogP contribution in [0.2, 0.25) is 0 Å². The van der Waals surface area contributed by atoms with Gasteiger partial charge in [0, 0.05) is 26.2 Å². The van der Waals surface area contributed by atoms with Crippen molar-refractivity contribution in [2.24, 2.45) is 5.73 Å². The Hall–Kier alpha value is -0.900. The maximum Gasteiger partial charge on any atom is 0.0833 e. The zero-order chi connectivity index (χ0) is 11.4. The van der Waals surface area contributed by atoms with Crippen LogP contribution in [0.3, 0.4) is 0 Å². The molecule has 0 amide bonds. The van der Waals surface area contributed by atoms with Crippen molar-refractivity contribution in [1.82, 2.24) is 4.90 Å². The molecule has 0 aliphatic carbocycles. The molecule has 1 fully saturated rings. The highest BCUT2D eigenvalue weighted by Gasteiger charge is 2.28. The molecule has 1 aliphatic rings. The van der Waals surface area contributed by atoms with Crippen LogP contribution in [0.1, 0.15) is 12.5 Å². The van der Waals surface area contributed by atoms with Crippen molar-refractivity contribution < 1.29 is 4.74 Å². The van der Waals surface area contributed by atoms with Crippen LogP contribution in [-0.2, 0) is 11.3 Å². The molecule has 1 atom stereocenters. The lowest BCUT2D eigenvalue weighted by Gasteiger charge is -2.40. The van der Waals surface area contributed by atoms with Gasteiger partial charge >= 0.3 is 0 Å². The number of nitrogens with zero attached hydrogens (tertiary/aromatic N) is 1. The summed E-state index contributed by atoms with van der Waals surface area (Å²) in [5.74, 6) is 0. The monoisotopic (exact) mass is 220 g/mol. The molecule has 1 unspecified atom stereocenters. The number of nitrogens with two attached hydrogens (primary N) is 1. The summed E-state index contributed by atoms with van der Waals surface area (Å²) in [6.45, 7) is 5.71. The van der Waals surface area contributed by atoms with Gasteiger partial charge in [-0.05, 0) is 12.5 Å². The average Bonchev–Trinajstić information content (AvgIpc) is 2.27. The molecule has 2 N–H and O–H groups in total. The largest absolute Gasteiger partial charge is 0.371 e. The highest BCUT2D eigenvalue weighted by atomic mass is 16.5. The molecule has 0 spiro atoms. The molecule has 88 valence electrons. The van der Waals surface area contributed by atoms with Crippen LogP contribution in [0.25, 0.3) is 0 Å². The van der Waals surface area contributed by atoms with Gasteiger partial charge in [0.1, 0.15) is 0 Å². The Morgan fingerprint density at radius 3 is 2.69 bits per heavy atom. The molecular formula is C13H20N2O. The van der Waals surface area contributed by atoms with E-state index in [2.05, 4.69) is 35.2 Å². The lowest BCUT2D eigenvalue weighted by molar-refractivity contribution is -0.0859. The number of ether oxygens (including phenoxy) is 1. The molecule has 1 aromatic rings. The highest BCUT2D eigenvalue weighted by Crippen LogP contribution is 2.16. The maximum absolute atomic E-state index is 5.74. The first-order valence-corrected chi connectivity index (χ1v) is 5.89. The minimum absolute atomic E-state index is 0.184. The second-order valence-corrected chi connectivity index (χ2v) is 4.48. The van der Waals surface area contributed by atoms with Crippen LogP contribution in [0.15, 0.2) is 30.3 Å². The summed E-state index contributed by atoms with van der Waals surface area (Å²) in [7, 11) is 0. The van der Waals surface area contributed by atoms with E-state index >= 15 is 0 Å². The summed E-state index contributed by atoms with van der Waals surface area (Å²) in [5.41, 5.74) is 6.89. The molecule has 0 radical (unpaired) electrons. The zero-order valence-electron chi connectivity index (χ0n) is 9.80. The first kappa shape index (κ1) is 11.6. The molecule has 0 bridgehead atoms. The van der Waals surface area contributed by atoms with Gasteiger partial charge in [-0.2, -0.15) is 0 Å². The molecule has 3 heteroatoms. The Kier molecular flexibility index (Phi) is 3.93.